The van der Waals surface area contributed by atoms with Crippen molar-refractivity contribution >= 4 is 34.4 Å². The van der Waals surface area contributed by atoms with Gasteiger partial charge in [-0.1, -0.05) is 18.7 Å². The predicted molar refractivity (Wildman–Crippen MR) is 130 cm³/mol. The van der Waals surface area contributed by atoms with Crippen LogP contribution in [0.25, 0.3) is 16.8 Å². The molecule has 0 saturated carbocycles. The fraction of sp³-hybridized carbons (Fsp3) is 0.160. The molecule has 1 aliphatic rings. The van der Waals surface area contributed by atoms with Crippen LogP contribution in [0.15, 0.2) is 67.4 Å². The van der Waals surface area contributed by atoms with Crippen LogP contribution < -0.4 is 15.5 Å². The highest BCUT2D eigenvalue weighted by Gasteiger charge is 2.20. The first-order valence-corrected chi connectivity index (χ1v) is 11.0. The highest BCUT2D eigenvalue weighted by molar-refractivity contribution is 5.99. The van der Waals surface area contributed by atoms with Gasteiger partial charge < -0.3 is 20.3 Å². The van der Waals surface area contributed by atoms with E-state index in [1.807, 2.05) is 24.3 Å². The van der Waals surface area contributed by atoms with E-state index in [0.717, 1.165) is 11.3 Å². The number of ether oxygens (including phenoxy) is 1. The van der Waals surface area contributed by atoms with Gasteiger partial charge in [-0.25, -0.2) is 18.3 Å². The van der Waals surface area contributed by atoms with Crippen LogP contribution in [0.5, 0.6) is 0 Å². The Morgan fingerprint density at radius 1 is 1.09 bits per heavy atom. The third kappa shape index (κ3) is 4.56. The van der Waals surface area contributed by atoms with Crippen molar-refractivity contribution in [3.8, 4) is 11.3 Å². The maximum atomic E-state index is 14.9. The van der Waals surface area contributed by atoms with E-state index in [9.17, 15) is 13.6 Å². The predicted octanol–water partition coefficient (Wildman–Crippen LogP) is 4.38. The van der Waals surface area contributed by atoms with Crippen LogP contribution in [0, 0.1) is 11.6 Å². The summed E-state index contributed by atoms with van der Waals surface area (Å²) in [4.78, 5) is 17.6. The number of carbonyl (C=O) groups excluding carboxylic acids is 1. The number of rotatable bonds is 6. The van der Waals surface area contributed by atoms with Crippen molar-refractivity contribution in [1.82, 2.24) is 14.6 Å². The third-order valence-electron chi connectivity index (χ3n) is 5.67. The SMILES string of the molecule is C=CC(=O)Nc1cccc(-c2ccc3cnc(Nc4ccc(N5CCOCC5)c(F)c4F)nn23)c1. The van der Waals surface area contributed by atoms with Crippen LogP contribution in [-0.2, 0) is 9.53 Å². The maximum absolute atomic E-state index is 14.9. The summed E-state index contributed by atoms with van der Waals surface area (Å²) in [5.41, 5.74) is 2.97. The zero-order valence-electron chi connectivity index (χ0n) is 18.7. The zero-order valence-corrected chi connectivity index (χ0v) is 18.7. The van der Waals surface area contributed by atoms with Gasteiger partial charge in [0.25, 0.3) is 0 Å². The fourth-order valence-corrected chi connectivity index (χ4v) is 3.93. The minimum atomic E-state index is -1.00. The lowest BCUT2D eigenvalue weighted by atomic mass is 10.1. The number of anilines is 4. The Morgan fingerprint density at radius 2 is 1.91 bits per heavy atom. The Hall–Kier alpha value is -4.31. The van der Waals surface area contributed by atoms with Gasteiger partial charge in [0.15, 0.2) is 11.6 Å². The molecule has 4 aromatic rings. The first kappa shape index (κ1) is 22.5. The second-order valence-corrected chi connectivity index (χ2v) is 7.90. The lowest BCUT2D eigenvalue weighted by molar-refractivity contribution is -0.111. The van der Waals surface area contributed by atoms with E-state index in [4.69, 9.17) is 4.74 Å². The summed E-state index contributed by atoms with van der Waals surface area (Å²) in [5, 5.41) is 9.98. The minimum Gasteiger partial charge on any atom is -0.378 e. The average Bonchev–Trinajstić information content (AvgIpc) is 3.31. The molecule has 0 bridgehead atoms. The van der Waals surface area contributed by atoms with Gasteiger partial charge in [-0.3, -0.25) is 4.79 Å². The van der Waals surface area contributed by atoms with E-state index in [2.05, 4.69) is 27.3 Å². The second-order valence-electron chi connectivity index (χ2n) is 7.90. The Balaban J connectivity index is 1.44. The molecule has 0 atom stereocenters. The van der Waals surface area contributed by atoms with Crippen molar-refractivity contribution in [3.05, 3.63) is 79.0 Å². The zero-order chi connectivity index (χ0) is 24.4. The van der Waals surface area contributed by atoms with Gasteiger partial charge in [0, 0.05) is 24.3 Å². The monoisotopic (exact) mass is 476 g/mol. The molecule has 0 spiro atoms. The van der Waals surface area contributed by atoms with Crippen LogP contribution in [0.4, 0.5) is 31.8 Å². The molecule has 1 amide bonds. The number of nitrogens with one attached hydrogen (secondary N) is 2. The molecule has 2 aromatic heterocycles. The number of morpholine rings is 1. The van der Waals surface area contributed by atoms with E-state index in [1.165, 1.54) is 18.2 Å². The second kappa shape index (κ2) is 9.51. The Labute approximate surface area is 199 Å². The van der Waals surface area contributed by atoms with Gasteiger partial charge in [0.1, 0.15) is 0 Å². The molecular formula is C25H22F2N6O2. The van der Waals surface area contributed by atoms with Crippen molar-refractivity contribution in [2.45, 2.75) is 0 Å². The molecule has 1 fully saturated rings. The van der Waals surface area contributed by atoms with Gasteiger partial charge in [-0.05, 0) is 42.5 Å². The molecule has 0 radical (unpaired) electrons. The topological polar surface area (TPSA) is 83.8 Å². The number of carbonyl (C=O) groups is 1. The smallest absolute Gasteiger partial charge is 0.247 e. The van der Waals surface area contributed by atoms with Crippen LogP contribution >= 0.6 is 0 Å². The normalized spacial score (nSPS) is 13.6. The summed E-state index contributed by atoms with van der Waals surface area (Å²) < 4.78 is 36.6. The van der Waals surface area contributed by atoms with E-state index in [0.29, 0.717) is 37.5 Å². The molecule has 2 N–H and O–H groups in total. The number of fused-ring (bicyclic) bond motifs is 1. The summed E-state index contributed by atoms with van der Waals surface area (Å²) in [7, 11) is 0. The van der Waals surface area contributed by atoms with Gasteiger partial charge in [-0.2, -0.15) is 0 Å². The van der Waals surface area contributed by atoms with Crippen molar-refractivity contribution in [1.29, 1.82) is 0 Å². The van der Waals surface area contributed by atoms with Crippen molar-refractivity contribution in [2.75, 3.05) is 41.8 Å². The Bertz CT molecular complexity index is 1410. The number of hydrogen-bond acceptors (Lipinski definition) is 6. The molecular weight excluding hydrogens is 454 g/mol. The van der Waals surface area contributed by atoms with Crippen LogP contribution in [0.1, 0.15) is 0 Å². The van der Waals surface area contributed by atoms with Gasteiger partial charge in [0.2, 0.25) is 11.9 Å². The number of aromatic nitrogens is 3. The number of benzene rings is 2. The molecule has 5 rings (SSSR count). The minimum absolute atomic E-state index is 0.0679. The summed E-state index contributed by atoms with van der Waals surface area (Å²) in [5.74, 6) is -2.15. The number of halogens is 2. The molecule has 1 saturated heterocycles. The molecule has 178 valence electrons. The number of amides is 1. The van der Waals surface area contributed by atoms with Crippen molar-refractivity contribution in [2.24, 2.45) is 0 Å². The largest absolute Gasteiger partial charge is 0.378 e. The first-order valence-electron chi connectivity index (χ1n) is 11.0. The molecule has 0 aliphatic carbocycles. The van der Waals surface area contributed by atoms with Crippen LogP contribution in [0.2, 0.25) is 0 Å². The maximum Gasteiger partial charge on any atom is 0.247 e. The molecule has 8 nitrogen and oxygen atoms in total. The summed E-state index contributed by atoms with van der Waals surface area (Å²) in [6, 6.07) is 14.0. The van der Waals surface area contributed by atoms with Gasteiger partial charge in [-0.15, -0.1) is 5.10 Å². The average molecular weight is 476 g/mol. The standard InChI is InChI=1S/C25H22F2N6O2/c1-2-22(34)29-17-5-3-4-16(14-17)20-8-6-18-15-28-25(31-33(18)20)30-19-7-9-21(24(27)23(19)26)32-10-12-35-13-11-32/h2-9,14-15H,1,10-13H2,(H,29,34)(H,30,31). The molecule has 3 heterocycles. The van der Waals surface area contributed by atoms with Gasteiger partial charge in [0.05, 0.1) is 42.0 Å². The lowest BCUT2D eigenvalue weighted by Gasteiger charge is -2.29. The third-order valence-corrected chi connectivity index (χ3v) is 5.67. The van der Waals surface area contributed by atoms with Gasteiger partial charge >= 0.3 is 0 Å². The Morgan fingerprint density at radius 3 is 2.71 bits per heavy atom. The molecule has 10 heteroatoms. The molecule has 2 aromatic carbocycles. The van der Waals surface area contributed by atoms with Crippen LogP contribution in [0.3, 0.4) is 0 Å². The molecule has 1 aliphatic heterocycles. The van der Waals surface area contributed by atoms with Crippen molar-refractivity contribution < 1.29 is 18.3 Å². The van der Waals surface area contributed by atoms with Crippen molar-refractivity contribution in [3.63, 3.8) is 0 Å². The fourth-order valence-electron chi connectivity index (χ4n) is 3.93. The molecule has 0 unspecified atom stereocenters. The highest BCUT2D eigenvalue weighted by atomic mass is 19.2. The van der Waals surface area contributed by atoms with E-state index >= 15 is 0 Å². The van der Waals surface area contributed by atoms with E-state index < -0.39 is 11.6 Å². The highest BCUT2D eigenvalue weighted by Crippen LogP contribution is 2.29. The number of nitrogens with zero attached hydrogens (tertiary/aromatic N) is 4. The van der Waals surface area contributed by atoms with E-state index in [-0.39, 0.29) is 23.2 Å². The first-order chi connectivity index (χ1) is 17.0. The van der Waals surface area contributed by atoms with Crippen LogP contribution in [-0.4, -0.2) is 46.8 Å². The summed E-state index contributed by atoms with van der Waals surface area (Å²) in [6.07, 6.45) is 2.78. The number of hydrogen-bond donors (Lipinski definition) is 2. The summed E-state index contributed by atoms with van der Waals surface area (Å²) >= 11 is 0. The molecule has 35 heavy (non-hydrogen) atoms. The Kier molecular flexibility index (Phi) is 6.11. The van der Waals surface area contributed by atoms with E-state index in [1.54, 1.807) is 27.7 Å². The summed E-state index contributed by atoms with van der Waals surface area (Å²) in [6.45, 7) is 5.39. The quantitative estimate of drug-likeness (QED) is 0.402. The lowest BCUT2D eigenvalue weighted by Crippen LogP contribution is -2.36.